The Hall–Kier alpha value is -4.37. The monoisotopic (exact) mass is 426 g/mol. The van der Waals surface area contributed by atoms with Crippen LogP contribution in [0.1, 0.15) is 40.0 Å². The van der Waals surface area contributed by atoms with Crippen molar-refractivity contribution in [1.82, 2.24) is 5.32 Å². The van der Waals surface area contributed by atoms with Crippen molar-refractivity contribution in [3.8, 4) is 11.8 Å². The summed E-state index contributed by atoms with van der Waals surface area (Å²) in [4.78, 5) is 23.6. The van der Waals surface area contributed by atoms with Gasteiger partial charge in [-0.3, -0.25) is 4.79 Å². The molecule has 6 nitrogen and oxygen atoms in total. The van der Waals surface area contributed by atoms with Gasteiger partial charge in [0.2, 0.25) is 0 Å². The molecule has 0 spiro atoms. The van der Waals surface area contributed by atoms with E-state index in [1.54, 1.807) is 42.5 Å². The van der Waals surface area contributed by atoms with Crippen LogP contribution in [0.4, 0.5) is 0 Å². The van der Waals surface area contributed by atoms with Gasteiger partial charge in [-0.05, 0) is 54.0 Å². The second-order valence-electron chi connectivity index (χ2n) is 7.14. The number of ether oxygens (including phenoxy) is 1. The quantitative estimate of drug-likeness (QED) is 0.400. The van der Waals surface area contributed by atoms with Gasteiger partial charge in [-0.15, -0.1) is 0 Å². The van der Waals surface area contributed by atoms with Gasteiger partial charge in [0, 0.05) is 0 Å². The van der Waals surface area contributed by atoms with Crippen molar-refractivity contribution in [3.63, 3.8) is 0 Å². The highest BCUT2D eigenvalue weighted by atomic mass is 16.5. The Morgan fingerprint density at radius 2 is 1.78 bits per heavy atom. The number of carbonyl (C=O) groups is 2. The molecule has 32 heavy (non-hydrogen) atoms. The zero-order valence-corrected chi connectivity index (χ0v) is 17.5. The summed E-state index contributed by atoms with van der Waals surface area (Å²) in [6.45, 7) is 2.08. The molecular weight excluding hydrogens is 404 g/mol. The minimum absolute atomic E-state index is 0.00642. The molecule has 1 atom stereocenters. The van der Waals surface area contributed by atoms with Crippen molar-refractivity contribution in [2.45, 2.75) is 19.6 Å². The normalized spacial score (nSPS) is 11.8. The maximum absolute atomic E-state index is 12.5. The van der Waals surface area contributed by atoms with Crippen LogP contribution >= 0.6 is 0 Å². The van der Waals surface area contributed by atoms with Crippen LogP contribution in [0, 0.1) is 11.3 Å². The van der Waals surface area contributed by atoms with Crippen LogP contribution < -0.4 is 10.1 Å². The lowest BCUT2D eigenvalue weighted by Gasteiger charge is -2.13. The fourth-order valence-electron chi connectivity index (χ4n) is 3.04. The SMILES string of the molecule is C[C@H](NC(=O)/C(C#N)=C\c1ccc(OCc2cccc(C(=O)O)c2)cc1)c1ccccc1. The molecule has 3 aromatic rings. The fraction of sp³-hybridized carbons (Fsp3) is 0.115. The van der Waals surface area contributed by atoms with E-state index in [2.05, 4.69) is 5.32 Å². The number of rotatable bonds is 8. The fourth-order valence-corrected chi connectivity index (χ4v) is 3.04. The van der Waals surface area contributed by atoms with Crippen LogP contribution in [0.25, 0.3) is 6.08 Å². The number of carbonyl (C=O) groups excluding carboxylic acids is 1. The Balaban J connectivity index is 1.62. The molecule has 0 aliphatic heterocycles. The molecule has 0 heterocycles. The molecule has 0 fully saturated rings. The first-order valence-corrected chi connectivity index (χ1v) is 9.99. The number of carboxylic acids is 1. The van der Waals surface area contributed by atoms with Crippen molar-refractivity contribution >= 4 is 18.0 Å². The van der Waals surface area contributed by atoms with E-state index in [0.29, 0.717) is 11.3 Å². The van der Waals surface area contributed by atoms with Gasteiger partial charge in [0.25, 0.3) is 5.91 Å². The highest BCUT2D eigenvalue weighted by molar-refractivity contribution is 6.01. The molecule has 0 unspecified atom stereocenters. The van der Waals surface area contributed by atoms with E-state index >= 15 is 0 Å². The molecule has 0 saturated carbocycles. The molecule has 3 aromatic carbocycles. The first-order chi connectivity index (χ1) is 15.5. The number of benzene rings is 3. The van der Waals surface area contributed by atoms with E-state index in [1.165, 1.54) is 12.1 Å². The van der Waals surface area contributed by atoms with Crippen LogP contribution in [-0.4, -0.2) is 17.0 Å². The van der Waals surface area contributed by atoms with Gasteiger partial charge in [0.05, 0.1) is 11.6 Å². The third-order valence-corrected chi connectivity index (χ3v) is 4.78. The Morgan fingerprint density at radius 1 is 1.06 bits per heavy atom. The second-order valence-corrected chi connectivity index (χ2v) is 7.14. The number of nitriles is 1. The third-order valence-electron chi connectivity index (χ3n) is 4.78. The van der Waals surface area contributed by atoms with E-state index in [4.69, 9.17) is 9.84 Å². The first kappa shape index (κ1) is 22.3. The number of aromatic carboxylic acids is 1. The number of nitrogens with one attached hydrogen (secondary N) is 1. The Bertz CT molecular complexity index is 1160. The van der Waals surface area contributed by atoms with E-state index in [9.17, 15) is 14.9 Å². The minimum atomic E-state index is -0.988. The van der Waals surface area contributed by atoms with Crippen molar-refractivity contribution in [2.24, 2.45) is 0 Å². The number of hydrogen-bond donors (Lipinski definition) is 2. The summed E-state index contributed by atoms with van der Waals surface area (Å²) in [5.41, 5.74) is 2.59. The van der Waals surface area contributed by atoms with E-state index in [1.807, 2.05) is 43.3 Å². The Labute approximate surface area is 186 Å². The van der Waals surface area contributed by atoms with E-state index in [-0.39, 0.29) is 23.8 Å². The average molecular weight is 426 g/mol. The Morgan fingerprint density at radius 3 is 2.44 bits per heavy atom. The number of carboxylic acid groups (broad SMARTS) is 1. The number of hydrogen-bond acceptors (Lipinski definition) is 4. The van der Waals surface area contributed by atoms with Gasteiger partial charge in [0.15, 0.2) is 0 Å². The summed E-state index contributed by atoms with van der Waals surface area (Å²) >= 11 is 0. The Kier molecular flexibility index (Phi) is 7.39. The first-order valence-electron chi connectivity index (χ1n) is 9.99. The molecule has 160 valence electrons. The lowest BCUT2D eigenvalue weighted by atomic mass is 10.1. The molecule has 0 aromatic heterocycles. The lowest BCUT2D eigenvalue weighted by molar-refractivity contribution is -0.117. The van der Waals surface area contributed by atoms with Crippen molar-refractivity contribution < 1.29 is 19.4 Å². The predicted molar refractivity (Wildman–Crippen MR) is 121 cm³/mol. The highest BCUT2D eigenvalue weighted by Crippen LogP contribution is 2.18. The summed E-state index contributed by atoms with van der Waals surface area (Å²) in [6.07, 6.45) is 1.52. The molecule has 0 aliphatic carbocycles. The van der Waals surface area contributed by atoms with Crippen molar-refractivity contribution in [2.75, 3.05) is 0 Å². The summed E-state index contributed by atoms with van der Waals surface area (Å²) in [5.74, 6) is -0.843. The average Bonchev–Trinajstić information content (AvgIpc) is 2.82. The molecular formula is C26H22N2O4. The lowest BCUT2D eigenvalue weighted by Crippen LogP contribution is -2.27. The van der Waals surface area contributed by atoms with Gasteiger partial charge in [0.1, 0.15) is 24.0 Å². The highest BCUT2D eigenvalue weighted by Gasteiger charge is 2.13. The van der Waals surface area contributed by atoms with Gasteiger partial charge in [-0.25, -0.2) is 4.79 Å². The maximum Gasteiger partial charge on any atom is 0.335 e. The molecule has 0 bridgehead atoms. The standard InChI is InChI=1S/C26H22N2O4/c1-18(21-7-3-2-4-8-21)28-25(29)23(16-27)14-19-10-12-24(13-11-19)32-17-20-6-5-9-22(15-20)26(30)31/h2-15,18H,17H2,1H3,(H,28,29)(H,30,31)/b23-14-/t18-/m0/s1. The smallest absolute Gasteiger partial charge is 0.335 e. The minimum Gasteiger partial charge on any atom is -0.489 e. The van der Waals surface area contributed by atoms with Gasteiger partial charge >= 0.3 is 5.97 Å². The van der Waals surface area contributed by atoms with Crippen LogP contribution in [0.2, 0.25) is 0 Å². The van der Waals surface area contributed by atoms with Crippen molar-refractivity contribution in [1.29, 1.82) is 5.26 Å². The summed E-state index contributed by atoms with van der Waals surface area (Å²) in [7, 11) is 0. The topological polar surface area (TPSA) is 99.4 Å². The number of amides is 1. The van der Waals surface area contributed by atoms with Crippen LogP contribution in [0.3, 0.4) is 0 Å². The van der Waals surface area contributed by atoms with Gasteiger partial charge < -0.3 is 15.2 Å². The van der Waals surface area contributed by atoms with E-state index in [0.717, 1.165) is 11.1 Å². The zero-order chi connectivity index (χ0) is 22.9. The second kappa shape index (κ2) is 10.6. The predicted octanol–water partition coefficient (Wildman–Crippen LogP) is 4.75. The largest absolute Gasteiger partial charge is 0.489 e. The van der Waals surface area contributed by atoms with Crippen molar-refractivity contribution in [3.05, 3.63) is 107 Å². The van der Waals surface area contributed by atoms with Gasteiger partial charge in [-0.2, -0.15) is 5.26 Å². The van der Waals surface area contributed by atoms with Gasteiger partial charge in [-0.1, -0.05) is 54.6 Å². The summed E-state index contributed by atoms with van der Waals surface area (Å²) in [5, 5.41) is 21.3. The van der Waals surface area contributed by atoms with Crippen LogP contribution in [0.15, 0.2) is 84.4 Å². The molecule has 0 aliphatic rings. The molecule has 2 N–H and O–H groups in total. The van der Waals surface area contributed by atoms with Crippen LogP contribution in [-0.2, 0) is 11.4 Å². The molecule has 6 heteroatoms. The summed E-state index contributed by atoms with van der Waals surface area (Å²) < 4.78 is 5.70. The zero-order valence-electron chi connectivity index (χ0n) is 17.5. The maximum atomic E-state index is 12.5. The molecule has 3 rings (SSSR count). The number of nitrogens with zero attached hydrogens (tertiary/aromatic N) is 1. The molecule has 1 amide bonds. The van der Waals surface area contributed by atoms with E-state index < -0.39 is 11.9 Å². The third kappa shape index (κ3) is 6.07. The van der Waals surface area contributed by atoms with Crippen LogP contribution in [0.5, 0.6) is 5.75 Å². The summed E-state index contributed by atoms with van der Waals surface area (Å²) in [6, 6.07) is 24.7. The molecule has 0 radical (unpaired) electrons. The molecule has 0 saturated heterocycles.